The minimum Gasteiger partial charge on any atom is -0.332 e. The van der Waals surface area contributed by atoms with E-state index in [4.69, 9.17) is 0 Å². The van der Waals surface area contributed by atoms with E-state index in [2.05, 4.69) is 38.3 Å². The first-order valence-electron chi connectivity index (χ1n) is 5.03. The van der Waals surface area contributed by atoms with Gasteiger partial charge in [0.05, 0.1) is 11.6 Å². The number of urea groups is 1. The Morgan fingerprint density at radius 1 is 1.50 bits per heavy atom. The van der Waals surface area contributed by atoms with Crippen molar-refractivity contribution in [3.8, 4) is 0 Å². The topological polar surface area (TPSA) is 41.1 Å². The lowest BCUT2D eigenvalue weighted by Crippen LogP contribution is -2.50. The first kappa shape index (κ1) is 10.1. The van der Waals surface area contributed by atoms with Gasteiger partial charge >= 0.3 is 6.03 Å². The van der Waals surface area contributed by atoms with E-state index >= 15 is 0 Å². The molecule has 2 rings (SSSR count). The molecule has 0 saturated carbocycles. The molecule has 0 spiro atoms. The normalized spacial score (nSPS) is 41.9. The van der Waals surface area contributed by atoms with Crippen LogP contribution in [0.5, 0.6) is 0 Å². The van der Waals surface area contributed by atoms with Crippen LogP contribution in [0.1, 0.15) is 27.7 Å². The number of rotatable bonds is 0. The highest BCUT2D eigenvalue weighted by Gasteiger charge is 2.54. The summed E-state index contributed by atoms with van der Waals surface area (Å²) in [6.45, 7) is 8.84. The van der Waals surface area contributed by atoms with Gasteiger partial charge in [-0.2, -0.15) is 11.8 Å². The average Bonchev–Trinajstić information content (AvgIpc) is 2.37. The van der Waals surface area contributed by atoms with E-state index in [0.717, 1.165) is 5.75 Å². The first-order valence-corrected chi connectivity index (χ1v) is 6.08. The van der Waals surface area contributed by atoms with E-state index in [1.54, 1.807) is 0 Å². The second-order valence-electron chi connectivity index (χ2n) is 5.59. The molecule has 14 heavy (non-hydrogen) atoms. The van der Waals surface area contributed by atoms with Crippen LogP contribution in [0.4, 0.5) is 4.79 Å². The number of nitrogens with one attached hydrogen (secondary N) is 2. The van der Waals surface area contributed by atoms with Gasteiger partial charge in [0.2, 0.25) is 0 Å². The third-order valence-electron chi connectivity index (χ3n) is 3.09. The van der Waals surface area contributed by atoms with Crippen LogP contribution in [0.25, 0.3) is 0 Å². The summed E-state index contributed by atoms with van der Waals surface area (Å²) in [6.07, 6.45) is 0. The fourth-order valence-electron chi connectivity index (χ4n) is 2.32. The molecule has 0 aromatic rings. The molecule has 4 heteroatoms. The number of amides is 2. The molecule has 2 N–H and O–H groups in total. The Bertz CT molecular complexity index is 274. The van der Waals surface area contributed by atoms with Crippen LogP contribution >= 0.6 is 11.8 Å². The Morgan fingerprint density at radius 3 is 2.71 bits per heavy atom. The fraction of sp³-hybridized carbons (Fsp3) is 0.900. The molecule has 2 saturated heterocycles. The lowest BCUT2D eigenvalue weighted by Gasteiger charge is -2.32. The van der Waals surface area contributed by atoms with Crippen molar-refractivity contribution in [3.05, 3.63) is 0 Å². The van der Waals surface area contributed by atoms with Crippen molar-refractivity contribution in [2.45, 2.75) is 44.5 Å². The largest absolute Gasteiger partial charge is 0.332 e. The van der Waals surface area contributed by atoms with Crippen LogP contribution in [0, 0.1) is 5.41 Å². The van der Waals surface area contributed by atoms with Gasteiger partial charge in [0.15, 0.2) is 0 Å². The van der Waals surface area contributed by atoms with Gasteiger partial charge in [0.1, 0.15) is 0 Å². The Labute approximate surface area is 89.4 Å². The number of thioether (sulfide) groups is 1. The smallest absolute Gasteiger partial charge is 0.315 e. The molecule has 2 aliphatic heterocycles. The van der Waals surface area contributed by atoms with Crippen LogP contribution < -0.4 is 10.6 Å². The molecule has 0 aromatic heterocycles. The van der Waals surface area contributed by atoms with Gasteiger partial charge in [0, 0.05) is 11.0 Å². The predicted octanol–water partition coefficient (Wildman–Crippen LogP) is 1.59. The van der Waals surface area contributed by atoms with Crippen molar-refractivity contribution >= 4 is 17.8 Å². The molecule has 0 radical (unpaired) electrons. The zero-order valence-electron chi connectivity index (χ0n) is 9.18. The summed E-state index contributed by atoms with van der Waals surface area (Å²) in [6, 6.07) is 0.270. The minimum absolute atomic E-state index is 0.00736. The molecule has 0 aromatic carbocycles. The minimum atomic E-state index is -0.0420. The predicted molar refractivity (Wildman–Crippen MR) is 59.6 cm³/mol. The molecular formula is C10H18N2OS. The zero-order chi connectivity index (χ0) is 10.6. The van der Waals surface area contributed by atoms with E-state index in [9.17, 15) is 4.79 Å². The Hall–Kier alpha value is -0.380. The van der Waals surface area contributed by atoms with Gasteiger partial charge in [-0.3, -0.25) is 0 Å². The number of carbonyl (C=O) groups is 1. The van der Waals surface area contributed by atoms with E-state index in [0.29, 0.717) is 5.25 Å². The van der Waals surface area contributed by atoms with Crippen LogP contribution in [-0.2, 0) is 0 Å². The van der Waals surface area contributed by atoms with Gasteiger partial charge in [-0.1, -0.05) is 20.8 Å². The summed E-state index contributed by atoms with van der Waals surface area (Å²) in [7, 11) is 0. The highest BCUT2D eigenvalue weighted by molar-refractivity contribution is 8.00. The summed E-state index contributed by atoms with van der Waals surface area (Å²) in [5.74, 6) is 1.01. The molecular weight excluding hydrogens is 196 g/mol. The van der Waals surface area contributed by atoms with E-state index < -0.39 is 0 Å². The second-order valence-corrected chi connectivity index (χ2v) is 6.72. The Balaban J connectivity index is 2.23. The quantitative estimate of drug-likeness (QED) is 0.601. The van der Waals surface area contributed by atoms with Crippen LogP contribution in [-0.4, -0.2) is 28.6 Å². The summed E-state index contributed by atoms with van der Waals surface area (Å²) in [4.78, 5) is 11.3. The standard InChI is InChI=1S/C10H18N2OS/c1-9(2,3)7-6-10(4,5-14-7)12-8(13)11-6/h6-7H,5H2,1-4H3,(H2,11,12,13)/t6-,7?,10+/m1/s1. The van der Waals surface area contributed by atoms with E-state index in [1.807, 2.05) is 11.8 Å². The maximum atomic E-state index is 11.3. The Kier molecular flexibility index (Phi) is 2.04. The molecule has 3 atom stereocenters. The molecule has 80 valence electrons. The van der Waals surface area contributed by atoms with Crippen molar-refractivity contribution in [1.29, 1.82) is 0 Å². The van der Waals surface area contributed by atoms with Crippen LogP contribution in [0.3, 0.4) is 0 Å². The average molecular weight is 214 g/mol. The van der Waals surface area contributed by atoms with Gasteiger partial charge < -0.3 is 10.6 Å². The van der Waals surface area contributed by atoms with Crippen LogP contribution in [0.2, 0.25) is 0 Å². The second kappa shape index (κ2) is 2.81. The van der Waals surface area contributed by atoms with Gasteiger partial charge in [-0.25, -0.2) is 4.79 Å². The molecule has 1 unspecified atom stereocenters. The summed E-state index contributed by atoms with van der Waals surface area (Å²) >= 11 is 1.96. The Morgan fingerprint density at radius 2 is 2.14 bits per heavy atom. The maximum Gasteiger partial charge on any atom is 0.315 e. The third-order valence-corrected chi connectivity index (χ3v) is 5.20. The van der Waals surface area contributed by atoms with Gasteiger partial charge in [0.25, 0.3) is 0 Å². The molecule has 3 nitrogen and oxygen atoms in total. The molecule has 2 aliphatic rings. The SMILES string of the molecule is CC(C)(C)C1SC[C@]2(C)NC(=O)N[C@H]12. The lowest BCUT2D eigenvalue weighted by molar-refractivity contribution is 0.245. The number of fused-ring (bicyclic) bond motifs is 1. The molecule has 2 amide bonds. The van der Waals surface area contributed by atoms with Gasteiger partial charge in [-0.15, -0.1) is 0 Å². The third kappa shape index (κ3) is 1.40. The zero-order valence-corrected chi connectivity index (χ0v) is 9.99. The van der Waals surface area contributed by atoms with E-state index in [-0.39, 0.29) is 23.0 Å². The van der Waals surface area contributed by atoms with Crippen molar-refractivity contribution < 1.29 is 4.79 Å². The molecule has 2 fully saturated rings. The first-order chi connectivity index (χ1) is 6.33. The molecule has 0 aliphatic carbocycles. The summed E-state index contributed by atoms with van der Waals surface area (Å²) in [5, 5.41) is 6.57. The lowest BCUT2D eigenvalue weighted by atomic mass is 9.81. The van der Waals surface area contributed by atoms with Crippen molar-refractivity contribution in [2.24, 2.45) is 5.41 Å². The maximum absolute atomic E-state index is 11.3. The summed E-state index contributed by atoms with van der Waals surface area (Å²) in [5.41, 5.74) is 0.200. The van der Waals surface area contributed by atoms with Crippen molar-refractivity contribution in [3.63, 3.8) is 0 Å². The van der Waals surface area contributed by atoms with Crippen LogP contribution in [0.15, 0.2) is 0 Å². The van der Waals surface area contributed by atoms with E-state index in [1.165, 1.54) is 0 Å². The summed E-state index contributed by atoms with van der Waals surface area (Å²) < 4.78 is 0. The highest BCUT2D eigenvalue weighted by atomic mass is 32.2. The monoisotopic (exact) mass is 214 g/mol. The van der Waals surface area contributed by atoms with Crippen molar-refractivity contribution in [2.75, 3.05) is 5.75 Å². The van der Waals surface area contributed by atoms with Gasteiger partial charge in [-0.05, 0) is 12.3 Å². The van der Waals surface area contributed by atoms with Crippen molar-refractivity contribution in [1.82, 2.24) is 10.6 Å². The number of hydrogen-bond donors (Lipinski definition) is 2. The molecule has 2 heterocycles. The highest BCUT2D eigenvalue weighted by Crippen LogP contribution is 2.45. The molecule has 0 bridgehead atoms. The fourth-order valence-corrected chi connectivity index (χ4v) is 4.16. The number of carbonyl (C=O) groups excluding carboxylic acids is 1. The number of hydrogen-bond acceptors (Lipinski definition) is 2.